The summed E-state index contributed by atoms with van der Waals surface area (Å²) in [5.74, 6) is 0.528. The topological polar surface area (TPSA) is 67.8 Å². The molecule has 1 amide bonds. The maximum Gasteiger partial charge on any atom is 0.226 e. The highest BCUT2D eigenvalue weighted by atomic mass is 32.1. The third-order valence-electron chi connectivity index (χ3n) is 4.30. The Hall–Kier alpha value is -3.12. The first-order valence-corrected chi connectivity index (χ1v) is 9.57. The van der Waals surface area contributed by atoms with Crippen LogP contribution in [0, 0.1) is 0 Å². The van der Waals surface area contributed by atoms with Crippen molar-refractivity contribution in [3.8, 4) is 10.8 Å². The van der Waals surface area contributed by atoms with Gasteiger partial charge in [0.25, 0.3) is 0 Å². The van der Waals surface area contributed by atoms with Crippen LogP contribution in [-0.2, 0) is 11.2 Å². The number of hydrogen-bond acceptors (Lipinski definition) is 5. The fraction of sp³-hybridized carbons (Fsp3) is 0.143. The molecule has 0 fully saturated rings. The van der Waals surface area contributed by atoms with Crippen molar-refractivity contribution >= 4 is 28.0 Å². The van der Waals surface area contributed by atoms with Gasteiger partial charge in [0, 0.05) is 17.8 Å². The van der Waals surface area contributed by atoms with E-state index >= 15 is 0 Å². The molecule has 0 aliphatic rings. The average Bonchev–Trinajstić information content (AvgIpc) is 3.16. The summed E-state index contributed by atoms with van der Waals surface area (Å²) in [6.07, 6.45) is 3.60. The Kier molecular flexibility index (Phi) is 4.89. The van der Waals surface area contributed by atoms with Gasteiger partial charge in [-0.15, -0.1) is 11.3 Å². The molecule has 1 atom stereocenters. The van der Waals surface area contributed by atoms with Gasteiger partial charge in [-0.1, -0.05) is 36.4 Å². The predicted molar refractivity (Wildman–Crippen MR) is 107 cm³/mol. The van der Waals surface area contributed by atoms with Crippen LogP contribution < -0.4 is 5.32 Å². The summed E-state index contributed by atoms with van der Waals surface area (Å²) in [6.45, 7) is 1.99. The van der Waals surface area contributed by atoms with Crippen LogP contribution >= 0.6 is 11.3 Å². The van der Waals surface area contributed by atoms with Crippen molar-refractivity contribution in [1.82, 2.24) is 20.3 Å². The largest absolute Gasteiger partial charge is 0.349 e. The predicted octanol–water partition coefficient (Wildman–Crippen LogP) is 4.17. The number of benzene rings is 2. The zero-order valence-corrected chi connectivity index (χ0v) is 15.6. The van der Waals surface area contributed by atoms with Crippen LogP contribution in [0.4, 0.5) is 0 Å². The molecular formula is C21H18N4OS. The van der Waals surface area contributed by atoms with E-state index in [2.05, 4.69) is 50.6 Å². The quantitative estimate of drug-likeness (QED) is 0.569. The van der Waals surface area contributed by atoms with Crippen molar-refractivity contribution in [2.24, 2.45) is 0 Å². The minimum Gasteiger partial charge on any atom is -0.349 e. The second-order valence-electron chi connectivity index (χ2n) is 6.29. The number of hydrogen-bond donors (Lipinski definition) is 1. The smallest absolute Gasteiger partial charge is 0.226 e. The van der Waals surface area contributed by atoms with Gasteiger partial charge in [-0.05, 0) is 35.4 Å². The average molecular weight is 374 g/mol. The number of carbonyl (C=O) groups is 1. The third-order valence-corrected chi connectivity index (χ3v) is 5.19. The summed E-state index contributed by atoms with van der Waals surface area (Å²) < 4.78 is 0. The summed E-state index contributed by atoms with van der Waals surface area (Å²) >= 11 is 1.45. The van der Waals surface area contributed by atoms with Gasteiger partial charge in [0.1, 0.15) is 0 Å². The molecule has 0 saturated carbocycles. The van der Waals surface area contributed by atoms with E-state index in [4.69, 9.17) is 0 Å². The molecule has 0 aliphatic heterocycles. The van der Waals surface area contributed by atoms with Crippen LogP contribution in [0.5, 0.6) is 0 Å². The molecule has 1 N–H and O–H groups in total. The Morgan fingerprint density at radius 1 is 1.07 bits per heavy atom. The van der Waals surface area contributed by atoms with Gasteiger partial charge in [0.2, 0.25) is 5.91 Å². The van der Waals surface area contributed by atoms with Gasteiger partial charge in [-0.25, -0.2) is 15.0 Å². The minimum absolute atomic E-state index is 0.0542. The van der Waals surface area contributed by atoms with Crippen LogP contribution in [0.15, 0.2) is 66.3 Å². The standard InChI is InChI=1S/C21H18N4OS/c1-14(16-8-7-15-5-2-3-6-17(15)11-16)24-19(26)12-18-13-27-21(25-18)20-22-9-4-10-23-20/h2-11,13-14H,12H2,1H3,(H,24,26)/t14-/m1/s1. The zero-order chi connectivity index (χ0) is 18.6. The second-order valence-corrected chi connectivity index (χ2v) is 7.15. The summed E-state index contributed by atoms with van der Waals surface area (Å²) in [4.78, 5) is 25.3. The highest BCUT2D eigenvalue weighted by Crippen LogP contribution is 2.22. The Morgan fingerprint density at radius 2 is 1.85 bits per heavy atom. The molecule has 2 aromatic carbocycles. The Morgan fingerprint density at radius 3 is 2.67 bits per heavy atom. The van der Waals surface area contributed by atoms with Crippen LogP contribution in [0.25, 0.3) is 21.6 Å². The van der Waals surface area contributed by atoms with E-state index in [1.54, 1.807) is 18.5 Å². The van der Waals surface area contributed by atoms with Crippen molar-refractivity contribution < 1.29 is 4.79 Å². The van der Waals surface area contributed by atoms with E-state index in [-0.39, 0.29) is 18.4 Å². The lowest BCUT2D eigenvalue weighted by Gasteiger charge is -2.14. The fourth-order valence-corrected chi connectivity index (χ4v) is 3.68. The second kappa shape index (κ2) is 7.63. The molecule has 5 nitrogen and oxygen atoms in total. The van der Waals surface area contributed by atoms with Crippen molar-refractivity contribution in [1.29, 1.82) is 0 Å². The Labute approximate surface area is 161 Å². The van der Waals surface area contributed by atoms with Crippen LogP contribution in [-0.4, -0.2) is 20.9 Å². The molecule has 0 bridgehead atoms. The summed E-state index contributed by atoms with van der Waals surface area (Å²) in [7, 11) is 0. The molecule has 4 rings (SSSR count). The highest BCUT2D eigenvalue weighted by molar-refractivity contribution is 7.13. The maximum absolute atomic E-state index is 12.4. The van der Waals surface area contributed by atoms with Gasteiger partial charge >= 0.3 is 0 Å². The molecule has 6 heteroatoms. The number of carbonyl (C=O) groups excluding carboxylic acids is 1. The zero-order valence-electron chi connectivity index (χ0n) is 14.8. The Bertz CT molecular complexity index is 1080. The third kappa shape index (κ3) is 4.01. The number of nitrogens with zero attached hydrogens (tertiary/aromatic N) is 3. The normalized spacial score (nSPS) is 12.0. The fourth-order valence-electron chi connectivity index (χ4n) is 2.92. The molecule has 27 heavy (non-hydrogen) atoms. The molecular weight excluding hydrogens is 356 g/mol. The number of aromatic nitrogens is 3. The summed E-state index contributed by atoms with van der Waals surface area (Å²) in [6, 6.07) is 16.2. The number of nitrogens with one attached hydrogen (secondary N) is 1. The maximum atomic E-state index is 12.4. The van der Waals surface area contributed by atoms with Crippen LogP contribution in [0.3, 0.4) is 0 Å². The van der Waals surface area contributed by atoms with Gasteiger partial charge < -0.3 is 5.32 Å². The lowest BCUT2D eigenvalue weighted by molar-refractivity contribution is -0.121. The van der Waals surface area contributed by atoms with E-state index in [1.165, 1.54) is 22.1 Å². The van der Waals surface area contributed by atoms with E-state index in [9.17, 15) is 4.79 Å². The summed E-state index contributed by atoms with van der Waals surface area (Å²) in [5.41, 5.74) is 1.81. The molecule has 0 aliphatic carbocycles. The van der Waals surface area contributed by atoms with Gasteiger partial charge in [-0.2, -0.15) is 0 Å². The Balaban J connectivity index is 1.42. The van der Waals surface area contributed by atoms with E-state index in [1.807, 2.05) is 24.4 Å². The number of amides is 1. The minimum atomic E-state index is -0.0716. The number of thiazole rings is 1. The van der Waals surface area contributed by atoms with E-state index in [0.29, 0.717) is 5.82 Å². The molecule has 0 spiro atoms. The molecule has 0 unspecified atom stereocenters. The van der Waals surface area contributed by atoms with Crippen LogP contribution in [0.1, 0.15) is 24.2 Å². The first kappa shape index (κ1) is 17.3. The molecule has 134 valence electrons. The molecule has 0 saturated heterocycles. The van der Waals surface area contributed by atoms with E-state index in [0.717, 1.165) is 16.3 Å². The van der Waals surface area contributed by atoms with E-state index < -0.39 is 0 Å². The van der Waals surface area contributed by atoms with Crippen molar-refractivity contribution in [3.63, 3.8) is 0 Å². The number of rotatable bonds is 5. The molecule has 2 heterocycles. The monoisotopic (exact) mass is 374 g/mol. The van der Waals surface area contributed by atoms with Crippen molar-refractivity contribution in [3.05, 3.63) is 77.6 Å². The summed E-state index contributed by atoms with van der Waals surface area (Å²) in [5, 5.41) is 8.02. The first-order chi connectivity index (χ1) is 13.2. The van der Waals surface area contributed by atoms with Crippen molar-refractivity contribution in [2.45, 2.75) is 19.4 Å². The first-order valence-electron chi connectivity index (χ1n) is 8.69. The molecule has 0 radical (unpaired) electrons. The SMILES string of the molecule is C[C@@H](NC(=O)Cc1csc(-c2ncccn2)n1)c1ccc2ccccc2c1. The molecule has 4 aromatic rings. The van der Waals surface area contributed by atoms with Gasteiger partial charge in [-0.3, -0.25) is 4.79 Å². The van der Waals surface area contributed by atoms with Gasteiger partial charge in [0.05, 0.1) is 18.2 Å². The number of fused-ring (bicyclic) bond motifs is 1. The molecule has 2 aromatic heterocycles. The van der Waals surface area contributed by atoms with Gasteiger partial charge in [0.15, 0.2) is 10.8 Å². The van der Waals surface area contributed by atoms with Crippen molar-refractivity contribution in [2.75, 3.05) is 0 Å². The lowest BCUT2D eigenvalue weighted by Crippen LogP contribution is -2.28. The highest BCUT2D eigenvalue weighted by Gasteiger charge is 2.13. The van der Waals surface area contributed by atoms with Crippen LogP contribution in [0.2, 0.25) is 0 Å². The lowest BCUT2D eigenvalue weighted by atomic mass is 10.0.